The molecule has 3 atom stereocenters. The van der Waals surface area contributed by atoms with Crippen LogP contribution in [0.15, 0.2) is 30.3 Å². The lowest BCUT2D eigenvalue weighted by Crippen LogP contribution is -2.49. The van der Waals surface area contributed by atoms with Gasteiger partial charge in [-0.1, -0.05) is 30.7 Å². The van der Waals surface area contributed by atoms with Crippen LogP contribution < -0.4 is 9.47 Å². The highest BCUT2D eigenvalue weighted by molar-refractivity contribution is 6.32. The number of aliphatic hydroxyl groups is 2. The average molecular weight is 474 g/mol. The molecule has 0 amide bonds. The predicted molar refractivity (Wildman–Crippen MR) is 131 cm³/mol. The van der Waals surface area contributed by atoms with Crippen LogP contribution in [0.1, 0.15) is 54.9 Å². The smallest absolute Gasteiger partial charge is 0.137 e. The molecule has 2 fully saturated rings. The minimum atomic E-state index is -0.855. The first-order chi connectivity index (χ1) is 15.8. The molecule has 2 unspecified atom stereocenters. The summed E-state index contributed by atoms with van der Waals surface area (Å²) < 4.78 is 11.3. The van der Waals surface area contributed by atoms with Crippen molar-refractivity contribution >= 4 is 11.6 Å². The monoisotopic (exact) mass is 473 g/mol. The van der Waals surface area contributed by atoms with Gasteiger partial charge in [-0.05, 0) is 80.0 Å². The maximum Gasteiger partial charge on any atom is 0.137 e. The molecule has 2 aromatic rings. The molecular formula is C27H36ClNO4. The van der Waals surface area contributed by atoms with E-state index in [1.807, 2.05) is 25.1 Å². The van der Waals surface area contributed by atoms with E-state index in [1.165, 1.54) is 11.1 Å². The Labute approximate surface area is 202 Å². The SMILES string of the molecule is COc1cc(C2(O)CC3CCC(C2)N3Cc2ccc(OC[C@H](C)CO)c(C)c2C)ccc1Cl. The molecule has 2 heterocycles. The number of benzene rings is 2. The molecule has 0 spiro atoms. The average Bonchev–Trinajstić information content (AvgIpc) is 3.05. The second kappa shape index (κ2) is 9.83. The highest BCUT2D eigenvalue weighted by Crippen LogP contribution is 2.47. The van der Waals surface area contributed by atoms with E-state index in [4.69, 9.17) is 21.1 Å². The van der Waals surface area contributed by atoms with Gasteiger partial charge in [-0.15, -0.1) is 0 Å². The Kier molecular flexibility index (Phi) is 7.25. The largest absolute Gasteiger partial charge is 0.495 e. The van der Waals surface area contributed by atoms with Crippen LogP contribution in [0.2, 0.25) is 5.02 Å². The zero-order valence-corrected chi connectivity index (χ0v) is 20.9. The van der Waals surface area contributed by atoms with E-state index in [-0.39, 0.29) is 12.5 Å². The number of hydrogen-bond donors (Lipinski definition) is 2. The Morgan fingerprint density at radius 1 is 1.09 bits per heavy atom. The van der Waals surface area contributed by atoms with Gasteiger partial charge in [0.05, 0.1) is 24.3 Å². The van der Waals surface area contributed by atoms with Gasteiger partial charge in [-0.2, -0.15) is 0 Å². The third-order valence-corrected chi connectivity index (χ3v) is 7.96. The van der Waals surface area contributed by atoms with E-state index in [2.05, 4.69) is 30.9 Å². The second-order valence-corrected chi connectivity index (χ2v) is 10.3. The number of rotatable bonds is 8. The van der Waals surface area contributed by atoms with Gasteiger partial charge in [0.2, 0.25) is 0 Å². The van der Waals surface area contributed by atoms with Crippen LogP contribution >= 0.6 is 11.6 Å². The molecule has 2 N–H and O–H groups in total. The van der Waals surface area contributed by atoms with Crippen LogP contribution in [-0.4, -0.2) is 47.5 Å². The van der Waals surface area contributed by atoms with Gasteiger partial charge in [0, 0.05) is 31.2 Å². The molecule has 0 aliphatic carbocycles. The third kappa shape index (κ3) is 4.88. The number of nitrogens with zero attached hydrogens (tertiary/aromatic N) is 1. The molecule has 2 aliphatic heterocycles. The molecule has 2 aromatic carbocycles. The van der Waals surface area contributed by atoms with E-state index >= 15 is 0 Å². The van der Waals surface area contributed by atoms with Crippen LogP contribution in [0.25, 0.3) is 0 Å². The summed E-state index contributed by atoms with van der Waals surface area (Å²) in [6.45, 7) is 7.77. The summed E-state index contributed by atoms with van der Waals surface area (Å²) in [5.74, 6) is 1.62. The third-order valence-electron chi connectivity index (χ3n) is 7.64. The summed E-state index contributed by atoms with van der Waals surface area (Å²) in [4.78, 5) is 2.58. The number of ether oxygens (including phenoxy) is 2. The Hall–Kier alpha value is -1.79. The first-order valence-corrected chi connectivity index (χ1v) is 12.3. The molecule has 0 saturated carbocycles. The summed E-state index contributed by atoms with van der Waals surface area (Å²) in [5, 5.41) is 21.4. The first-order valence-electron chi connectivity index (χ1n) is 11.9. The fourth-order valence-corrected chi connectivity index (χ4v) is 5.61. The Bertz CT molecular complexity index is 980. The first kappa shape index (κ1) is 24.3. The van der Waals surface area contributed by atoms with E-state index in [0.29, 0.717) is 42.3 Å². The second-order valence-electron chi connectivity index (χ2n) is 9.92. The summed E-state index contributed by atoms with van der Waals surface area (Å²) in [5.41, 5.74) is 3.77. The molecular weight excluding hydrogens is 438 g/mol. The Morgan fingerprint density at radius 2 is 1.79 bits per heavy atom. The summed E-state index contributed by atoms with van der Waals surface area (Å²) in [6, 6.07) is 10.6. The molecule has 4 rings (SSSR count). The van der Waals surface area contributed by atoms with Gasteiger partial charge < -0.3 is 19.7 Å². The predicted octanol–water partition coefficient (Wildman–Crippen LogP) is 4.99. The minimum Gasteiger partial charge on any atom is -0.495 e. The van der Waals surface area contributed by atoms with Crippen molar-refractivity contribution in [3.8, 4) is 11.5 Å². The van der Waals surface area contributed by atoms with Gasteiger partial charge in [-0.25, -0.2) is 0 Å². The Balaban J connectivity index is 1.49. The lowest BCUT2D eigenvalue weighted by molar-refractivity contribution is -0.0596. The van der Waals surface area contributed by atoms with Crippen molar-refractivity contribution in [3.05, 3.63) is 57.6 Å². The van der Waals surface area contributed by atoms with Gasteiger partial charge in [0.15, 0.2) is 0 Å². The van der Waals surface area contributed by atoms with Crippen LogP contribution in [0.3, 0.4) is 0 Å². The molecule has 0 aromatic heterocycles. The van der Waals surface area contributed by atoms with Crippen molar-refractivity contribution < 1.29 is 19.7 Å². The molecule has 33 heavy (non-hydrogen) atoms. The van der Waals surface area contributed by atoms with E-state index in [0.717, 1.165) is 36.3 Å². The summed E-state index contributed by atoms with van der Waals surface area (Å²) >= 11 is 6.21. The number of fused-ring (bicyclic) bond motifs is 2. The van der Waals surface area contributed by atoms with Crippen molar-refractivity contribution in [2.24, 2.45) is 5.92 Å². The van der Waals surface area contributed by atoms with Crippen molar-refractivity contribution in [1.82, 2.24) is 4.90 Å². The normalized spacial score (nSPS) is 25.8. The quantitative estimate of drug-likeness (QED) is 0.565. The lowest BCUT2D eigenvalue weighted by atomic mass is 9.80. The molecule has 2 bridgehead atoms. The molecule has 6 heteroatoms. The van der Waals surface area contributed by atoms with E-state index in [1.54, 1.807) is 7.11 Å². The van der Waals surface area contributed by atoms with E-state index < -0.39 is 5.60 Å². The van der Waals surface area contributed by atoms with Crippen LogP contribution in [0.5, 0.6) is 11.5 Å². The molecule has 180 valence electrons. The zero-order valence-electron chi connectivity index (χ0n) is 20.1. The number of halogens is 1. The lowest BCUT2D eigenvalue weighted by Gasteiger charge is -2.44. The number of aliphatic hydroxyl groups excluding tert-OH is 1. The van der Waals surface area contributed by atoms with Crippen LogP contribution in [-0.2, 0) is 12.1 Å². The Morgan fingerprint density at radius 3 is 2.42 bits per heavy atom. The van der Waals surface area contributed by atoms with Gasteiger partial charge >= 0.3 is 0 Å². The van der Waals surface area contributed by atoms with E-state index in [9.17, 15) is 10.2 Å². The molecule has 2 saturated heterocycles. The molecule has 0 radical (unpaired) electrons. The van der Waals surface area contributed by atoms with Crippen LogP contribution in [0, 0.1) is 19.8 Å². The number of methoxy groups -OCH3 is 1. The van der Waals surface area contributed by atoms with Crippen molar-refractivity contribution in [2.75, 3.05) is 20.3 Å². The van der Waals surface area contributed by atoms with Gasteiger partial charge in [0.1, 0.15) is 11.5 Å². The zero-order chi connectivity index (χ0) is 23.8. The summed E-state index contributed by atoms with van der Waals surface area (Å²) in [7, 11) is 1.61. The fraction of sp³-hybridized carbons (Fsp3) is 0.556. The van der Waals surface area contributed by atoms with Crippen LogP contribution in [0.4, 0.5) is 0 Å². The maximum absolute atomic E-state index is 11.6. The molecule has 5 nitrogen and oxygen atoms in total. The topological polar surface area (TPSA) is 62.2 Å². The highest BCUT2D eigenvalue weighted by Gasteiger charge is 2.48. The number of piperidine rings is 1. The van der Waals surface area contributed by atoms with Crippen molar-refractivity contribution in [2.45, 2.75) is 70.7 Å². The van der Waals surface area contributed by atoms with Crippen molar-refractivity contribution in [1.29, 1.82) is 0 Å². The summed E-state index contributed by atoms with van der Waals surface area (Å²) in [6.07, 6.45) is 3.64. The minimum absolute atomic E-state index is 0.118. The standard InChI is InChI=1S/C27H36ClNO4/c1-17(15-30)16-33-25-10-5-20(18(2)19(25)3)14-29-22-7-8-23(29)13-27(31,12-22)21-6-9-24(28)26(11-21)32-4/h5-6,9-11,17,22-23,30-31H,7-8,12-16H2,1-4H3/t17-,22?,23?,27?/m1/s1. The number of hydrogen-bond acceptors (Lipinski definition) is 5. The highest BCUT2D eigenvalue weighted by atomic mass is 35.5. The van der Waals surface area contributed by atoms with Gasteiger partial charge in [-0.3, -0.25) is 4.90 Å². The molecule has 2 aliphatic rings. The fourth-order valence-electron chi connectivity index (χ4n) is 5.42. The van der Waals surface area contributed by atoms with Crippen molar-refractivity contribution in [3.63, 3.8) is 0 Å². The van der Waals surface area contributed by atoms with Gasteiger partial charge in [0.25, 0.3) is 0 Å². The maximum atomic E-state index is 11.6.